The van der Waals surface area contributed by atoms with Gasteiger partial charge in [-0.1, -0.05) is 86.5 Å². The highest BCUT2D eigenvalue weighted by molar-refractivity contribution is 5.72. The fourth-order valence-corrected chi connectivity index (χ4v) is 5.69. The summed E-state index contributed by atoms with van der Waals surface area (Å²) < 4.78 is 12.8. The molecule has 0 radical (unpaired) electrons. The summed E-state index contributed by atoms with van der Waals surface area (Å²) in [5.74, 6) is 3.13. The number of carbonyl (C=O) groups excluding carboxylic acids is 1. The molecule has 2 rings (SSSR count). The molecule has 4 atom stereocenters. The van der Waals surface area contributed by atoms with Gasteiger partial charge in [0, 0.05) is 12.0 Å². The van der Waals surface area contributed by atoms with E-state index < -0.39 is 5.60 Å². The van der Waals surface area contributed by atoms with Crippen molar-refractivity contribution in [3.05, 3.63) is 22.3 Å². The van der Waals surface area contributed by atoms with Gasteiger partial charge in [-0.2, -0.15) is 0 Å². The summed E-state index contributed by atoms with van der Waals surface area (Å²) in [5.41, 5.74) is 3.06. The maximum atomic E-state index is 12.6. The minimum atomic E-state index is -0.581. The highest BCUT2D eigenvalue weighted by atomic mass is 16.6. The summed E-state index contributed by atoms with van der Waals surface area (Å²) in [6.45, 7) is 21.1. The quantitative estimate of drug-likeness (QED) is 0.251. The van der Waals surface area contributed by atoms with Crippen LogP contribution in [0, 0.1) is 44.4 Å². The van der Waals surface area contributed by atoms with Crippen LogP contribution in [-0.4, -0.2) is 22.8 Å². The fourth-order valence-electron chi connectivity index (χ4n) is 5.69. The van der Waals surface area contributed by atoms with Crippen molar-refractivity contribution in [2.75, 3.05) is 0 Å². The molecule has 4 heteroatoms. The molecule has 0 saturated carbocycles. The van der Waals surface area contributed by atoms with E-state index in [0.717, 1.165) is 59.1 Å². The number of ether oxygens (including phenoxy) is 2. The number of aromatic hydroxyl groups is 1. The molecule has 1 aliphatic rings. The first kappa shape index (κ1) is 31.5. The average Bonchev–Trinajstić information content (AvgIpc) is 2.82. The van der Waals surface area contributed by atoms with Crippen LogP contribution in [0.3, 0.4) is 0 Å². The van der Waals surface area contributed by atoms with Crippen molar-refractivity contribution in [3.8, 4) is 11.5 Å². The summed E-state index contributed by atoms with van der Waals surface area (Å²) in [6.07, 6.45) is 11.2. The molecule has 212 valence electrons. The largest absolute Gasteiger partial charge is 0.507 e. The first-order valence-electron chi connectivity index (χ1n) is 15.0. The lowest BCUT2D eigenvalue weighted by atomic mass is 9.81. The number of esters is 1. The Hall–Kier alpha value is -1.71. The predicted octanol–water partition coefficient (Wildman–Crippen LogP) is 9.02. The summed E-state index contributed by atoms with van der Waals surface area (Å²) in [6, 6.07) is 0. The van der Waals surface area contributed by atoms with Crippen LogP contribution in [0.5, 0.6) is 11.5 Å². The first-order valence-corrected chi connectivity index (χ1v) is 15.0. The van der Waals surface area contributed by atoms with Gasteiger partial charge in [0.05, 0.1) is 5.92 Å². The molecule has 1 aromatic rings. The third-order valence-corrected chi connectivity index (χ3v) is 8.72. The van der Waals surface area contributed by atoms with Crippen molar-refractivity contribution in [3.63, 3.8) is 0 Å². The smallest absolute Gasteiger partial charge is 0.308 e. The Morgan fingerprint density at radius 1 is 0.892 bits per heavy atom. The third kappa shape index (κ3) is 8.65. The van der Waals surface area contributed by atoms with E-state index in [2.05, 4.69) is 34.6 Å². The molecular formula is C33H56O4. The Morgan fingerprint density at radius 2 is 1.43 bits per heavy atom. The molecule has 0 saturated heterocycles. The summed E-state index contributed by atoms with van der Waals surface area (Å²) in [4.78, 5) is 12.6. The van der Waals surface area contributed by atoms with E-state index in [0.29, 0.717) is 18.1 Å². The molecule has 0 bridgehead atoms. The van der Waals surface area contributed by atoms with E-state index in [1.807, 2.05) is 34.6 Å². The predicted molar refractivity (Wildman–Crippen MR) is 154 cm³/mol. The maximum absolute atomic E-state index is 12.6. The first-order chi connectivity index (χ1) is 17.3. The highest BCUT2D eigenvalue weighted by Gasteiger charge is 2.45. The van der Waals surface area contributed by atoms with Crippen LogP contribution in [0.1, 0.15) is 129 Å². The molecule has 37 heavy (non-hydrogen) atoms. The van der Waals surface area contributed by atoms with E-state index in [1.54, 1.807) is 0 Å². The minimum Gasteiger partial charge on any atom is -0.507 e. The number of rotatable bonds is 14. The van der Waals surface area contributed by atoms with Crippen LogP contribution in [0.25, 0.3) is 0 Å². The molecule has 0 amide bonds. The van der Waals surface area contributed by atoms with Gasteiger partial charge in [0.25, 0.3) is 0 Å². The number of fused-ring (bicyclic) bond motifs is 1. The van der Waals surface area contributed by atoms with Crippen LogP contribution in [0.4, 0.5) is 0 Å². The molecule has 1 N–H and O–H groups in total. The van der Waals surface area contributed by atoms with Crippen molar-refractivity contribution >= 4 is 5.97 Å². The van der Waals surface area contributed by atoms with Crippen LogP contribution in [0.2, 0.25) is 0 Å². The van der Waals surface area contributed by atoms with Gasteiger partial charge in [0.2, 0.25) is 0 Å². The number of carbonyl (C=O) groups is 1. The zero-order valence-electron chi connectivity index (χ0n) is 25.6. The van der Waals surface area contributed by atoms with Crippen molar-refractivity contribution < 1.29 is 19.4 Å². The number of phenols is 1. The average molecular weight is 517 g/mol. The second-order valence-electron chi connectivity index (χ2n) is 13.1. The number of phenolic OH excluding ortho intramolecular Hbond substituents is 1. The standard InChI is InChI=1S/C33H56O4/c1-21(2)14-11-15-23(5)16-12-17-24(6)18-13-19-33(10)29(36-32(35)22(3)4)20-28-27(9)30(34)25(7)26(8)31(28)37-33/h21-24,29,34H,11-20H2,1-10H3/t23-,24+,29?,33-/m0/s1. The van der Waals surface area contributed by atoms with Crippen molar-refractivity contribution in [2.24, 2.45) is 23.7 Å². The van der Waals surface area contributed by atoms with E-state index >= 15 is 0 Å². The second kappa shape index (κ2) is 13.9. The Kier molecular flexibility index (Phi) is 11.8. The zero-order chi connectivity index (χ0) is 27.9. The topological polar surface area (TPSA) is 55.8 Å². The van der Waals surface area contributed by atoms with E-state index in [1.165, 1.54) is 38.5 Å². The lowest BCUT2D eigenvalue weighted by Gasteiger charge is -2.43. The lowest BCUT2D eigenvalue weighted by molar-refractivity contribution is -0.167. The van der Waals surface area contributed by atoms with Gasteiger partial charge in [0.1, 0.15) is 23.2 Å². The maximum Gasteiger partial charge on any atom is 0.308 e. The summed E-state index contributed by atoms with van der Waals surface area (Å²) >= 11 is 0. The monoisotopic (exact) mass is 516 g/mol. The van der Waals surface area contributed by atoms with Gasteiger partial charge >= 0.3 is 5.97 Å². The Bertz CT molecular complexity index is 887. The van der Waals surface area contributed by atoms with E-state index in [9.17, 15) is 9.90 Å². The molecular weight excluding hydrogens is 460 g/mol. The number of benzene rings is 1. The number of hydrogen-bond donors (Lipinski definition) is 1. The Balaban J connectivity index is 2.00. The highest BCUT2D eigenvalue weighted by Crippen LogP contribution is 2.45. The summed E-state index contributed by atoms with van der Waals surface area (Å²) in [7, 11) is 0. The fraction of sp³-hybridized carbons (Fsp3) is 0.788. The molecule has 1 aliphatic heterocycles. The SMILES string of the molecule is Cc1c(C)c2c(c(C)c1O)CC(OC(=O)C(C)C)[C@](C)(CCC[C@H](C)CCC[C@@H](C)CCCC(C)C)O2. The molecule has 1 unspecified atom stereocenters. The molecule has 0 aromatic heterocycles. The van der Waals surface area contributed by atoms with Crippen LogP contribution >= 0.6 is 0 Å². The van der Waals surface area contributed by atoms with Gasteiger partial charge in [-0.25, -0.2) is 0 Å². The number of hydrogen-bond acceptors (Lipinski definition) is 4. The third-order valence-electron chi connectivity index (χ3n) is 8.72. The lowest BCUT2D eigenvalue weighted by Crippen LogP contribution is -2.52. The zero-order valence-corrected chi connectivity index (χ0v) is 25.6. The second-order valence-corrected chi connectivity index (χ2v) is 13.1. The van der Waals surface area contributed by atoms with Gasteiger partial charge in [-0.15, -0.1) is 0 Å². The van der Waals surface area contributed by atoms with Crippen LogP contribution < -0.4 is 4.74 Å². The molecule has 0 fully saturated rings. The molecule has 4 nitrogen and oxygen atoms in total. The minimum absolute atomic E-state index is 0.187. The molecule has 0 aliphatic carbocycles. The van der Waals surface area contributed by atoms with Gasteiger partial charge in [0.15, 0.2) is 0 Å². The molecule has 1 aromatic carbocycles. The Morgan fingerprint density at radius 3 is 1.97 bits per heavy atom. The van der Waals surface area contributed by atoms with Crippen molar-refractivity contribution in [1.82, 2.24) is 0 Å². The summed E-state index contributed by atoms with van der Waals surface area (Å²) in [5, 5.41) is 10.6. The van der Waals surface area contributed by atoms with Crippen LogP contribution in [-0.2, 0) is 16.0 Å². The molecule has 1 heterocycles. The van der Waals surface area contributed by atoms with Crippen LogP contribution in [0.15, 0.2) is 0 Å². The van der Waals surface area contributed by atoms with Gasteiger partial charge in [-0.05, 0) is 75.0 Å². The van der Waals surface area contributed by atoms with Crippen molar-refractivity contribution in [1.29, 1.82) is 0 Å². The normalized spacial score (nSPS) is 21.0. The van der Waals surface area contributed by atoms with E-state index in [-0.39, 0.29) is 18.0 Å². The molecule has 0 spiro atoms. The Labute approximate surface area is 227 Å². The van der Waals surface area contributed by atoms with E-state index in [4.69, 9.17) is 9.47 Å². The van der Waals surface area contributed by atoms with Crippen molar-refractivity contribution in [2.45, 2.75) is 145 Å². The van der Waals surface area contributed by atoms with Gasteiger partial charge in [-0.3, -0.25) is 4.79 Å². The van der Waals surface area contributed by atoms with Gasteiger partial charge < -0.3 is 14.6 Å².